The lowest BCUT2D eigenvalue weighted by Gasteiger charge is -2.43. The zero-order valence-corrected chi connectivity index (χ0v) is 15.1. The molecule has 0 aliphatic carbocycles. The van der Waals surface area contributed by atoms with Crippen molar-refractivity contribution in [3.05, 3.63) is 0 Å². The number of rotatable bonds is 5. The lowest BCUT2D eigenvalue weighted by Crippen LogP contribution is -2.59. The Morgan fingerprint density at radius 2 is 1.47 bits per heavy atom. The second-order valence-corrected chi connectivity index (χ2v) is 15.8. The molecule has 7 heteroatoms. The SMILES string of the molecule is CO[C@H]1[C@@H](O[Si](C)(C)C)COC(O)[C@@H]1O[Si](C)(C)C. The van der Waals surface area contributed by atoms with Crippen LogP contribution in [0.4, 0.5) is 0 Å². The van der Waals surface area contributed by atoms with E-state index in [9.17, 15) is 5.11 Å². The first-order valence-corrected chi connectivity index (χ1v) is 13.5. The van der Waals surface area contributed by atoms with Crippen molar-refractivity contribution in [3.8, 4) is 0 Å². The lowest BCUT2D eigenvalue weighted by atomic mass is 10.1. The average molecular weight is 309 g/mol. The molecule has 4 atom stereocenters. The summed E-state index contributed by atoms with van der Waals surface area (Å²) in [5, 5.41) is 10.0. The van der Waals surface area contributed by atoms with E-state index in [-0.39, 0.29) is 12.2 Å². The Morgan fingerprint density at radius 3 is 1.89 bits per heavy atom. The van der Waals surface area contributed by atoms with E-state index in [0.29, 0.717) is 6.61 Å². The zero-order chi connectivity index (χ0) is 14.8. The fourth-order valence-electron chi connectivity index (χ4n) is 2.13. The summed E-state index contributed by atoms with van der Waals surface area (Å²) in [6, 6.07) is 0. The number of hydrogen-bond acceptors (Lipinski definition) is 5. The first-order chi connectivity index (χ1) is 8.53. The van der Waals surface area contributed by atoms with Gasteiger partial charge in [0.1, 0.15) is 12.2 Å². The van der Waals surface area contributed by atoms with E-state index in [0.717, 1.165) is 0 Å². The van der Waals surface area contributed by atoms with Gasteiger partial charge in [-0.25, -0.2) is 0 Å². The normalized spacial score (nSPS) is 33.5. The van der Waals surface area contributed by atoms with Crippen LogP contribution in [0.3, 0.4) is 0 Å². The standard InChI is InChI=1S/C12H28O5Si2/c1-14-10-9(16-18(2,3)4)8-15-12(13)11(10)17-19(5,6)7/h9-13H,8H2,1-7H3/t9-,10-,11+,12?/m0/s1. The maximum Gasteiger partial charge on any atom is 0.184 e. The molecule has 1 rings (SSSR count). The molecule has 0 aromatic carbocycles. The largest absolute Gasteiger partial charge is 0.410 e. The van der Waals surface area contributed by atoms with Gasteiger partial charge in [-0.15, -0.1) is 0 Å². The molecule has 1 N–H and O–H groups in total. The highest BCUT2D eigenvalue weighted by atomic mass is 28.4. The van der Waals surface area contributed by atoms with Crippen LogP contribution in [0.1, 0.15) is 0 Å². The van der Waals surface area contributed by atoms with Crippen LogP contribution in [0.25, 0.3) is 0 Å². The smallest absolute Gasteiger partial charge is 0.184 e. The molecule has 1 heterocycles. The van der Waals surface area contributed by atoms with Crippen molar-refractivity contribution in [1.82, 2.24) is 0 Å². The number of aliphatic hydroxyl groups excluding tert-OH is 1. The van der Waals surface area contributed by atoms with Crippen LogP contribution in [-0.4, -0.2) is 60.1 Å². The van der Waals surface area contributed by atoms with Gasteiger partial charge in [0, 0.05) is 7.11 Å². The van der Waals surface area contributed by atoms with E-state index in [4.69, 9.17) is 18.3 Å². The summed E-state index contributed by atoms with van der Waals surface area (Å²) in [5.41, 5.74) is 0. The molecule has 0 amide bonds. The van der Waals surface area contributed by atoms with Crippen molar-refractivity contribution in [3.63, 3.8) is 0 Å². The zero-order valence-electron chi connectivity index (χ0n) is 13.1. The van der Waals surface area contributed by atoms with Crippen molar-refractivity contribution >= 4 is 16.6 Å². The molecule has 1 aliphatic heterocycles. The molecule has 19 heavy (non-hydrogen) atoms. The van der Waals surface area contributed by atoms with Crippen molar-refractivity contribution in [1.29, 1.82) is 0 Å². The second kappa shape index (κ2) is 6.34. The van der Waals surface area contributed by atoms with Crippen LogP contribution in [-0.2, 0) is 18.3 Å². The number of hydrogen-bond donors (Lipinski definition) is 1. The Balaban J connectivity index is 2.82. The highest BCUT2D eigenvalue weighted by Crippen LogP contribution is 2.26. The number of aliphatic hydroxyl groups is 1. The van der Waals surface area contributed by atoms with E-state index < -0.39 is 29.0 Å². The van der Waals surface area contributed by atoms with Gasteiger partial charge in [0.05, 0.1) is 12.7 Å². The Kier molecular flexibility index (Phi) is 5.77. The molecule has 114 valence electrons. The number of ether oxygens (including phenoxy) is 2. The summed E-state index contributed by atoms with van der Waals surface area (Å²) in [6.45, 7) is 13.0. The van der Waals surface area contributed by atoms with Crippen LogP contribution < -0.4 is 0 Å². The Bertz CT molecular complexity index is 287. The first-order valence-electron chi connectivity index (χ1n) is 6.71. The monoisotopic (exact) mass is 308 g/mol. The molecule has 1 fully saturated rings. The quantitative estimate of drug-likeness (QED) is 0.785. The summed E-state index contributed by atoms with van der Waals surface area (Å²) in [7, 11) is -1.87. The third kappa shape index (κ3) is 5.62. The van der Waals surface area contributed by atoms with Gasteiger partial charge < -0.3 is 23.4 Å². The molecule has 0 radical (unpaired) electrons. The van der Waals surface area contributed by atoms with E-state index in [1.165, 1.54) is 0 Å². The van der Waals surface area contributed by atoms with Crippen LogP contribution in [0.2, 0.25) is 39.3 Å². The molecular weight excluding hydrogens is 280 g/mol. The summed E-state index contributed by atoms with van der Waals surface area (Å²) in [5.74, 6) is 0. The van der Waals surface area contributed by atoms with Crippen molar-refractivity contribution in [2.45, 2.75) is 63.9 Å². The van der Waals surface area contributed by atoms with Crippen molar-refractivity contribution < 1.29 is 23.4 Å². The summed E-state index contributed by atoms with van der Waals surface area (Å²) in [4.78, 5) is 0. The minimum atomic E-state index is -1.80. The van der Waals surface area contributed by atoms with Crippen LogP contribution in [0.5, 0.6) is 0 Å². The molecule has 1 saturated heterocycles. The predicted molar refractivity (Wildman–Crippen MR) is 79.2 cm³/mol. The molecule has 1 unspecified atom stereocenters. The highest BCUT2D eigenvalue weighted by Gasteiger charge is 2.44. The average Bonchev–Trinajstić information content (AvgIpc) is 2.19. The summed E-state index contributed by atoms with van der Waals surface area (Å²) < 4.78 is 23.0. The highest BCUT2D eigenvalue weighted by molar-refractivity contribution is 6.70. The molecule has 0 bridgehead atoms. The van der Waals surface area contributed by atoms with Gasteiger partial charge in [-0.05, 0) is 39.3 Å². The number of methoxy groups -OCH3 is 1. The molecule has 0 aromatic heterocycles. The van der Waals surface area contributed by atoms with Gasteiger partial charge in [0.15, 0.2) is 22.9 Å². The predicted octanol–water partition coefficient (Wildman–Crippen LogP) is 1.79. The molecule has 0 saturated carbocycles. The van der Waals surface area contributed by atoms with Gasteiger partial charge in [0.25, 0.3) is 0 Å². The van der Waals surface area contributed by atoms with E-state index in [1.807, 2.05) is 0 Å². The van der Waals surface area contributed by atoms with Gasteiger partial charge in [0.2, 0.25) is 0 Å². The van der Waals surface area contributed by atoms with Crippen LogP contribution in [0, 0.1) is 0 Å². The van der Waals surface area contributed by atoms with E-state index >= 15 is 0 Å². The third-order valence-corrected chi connectivity index (χ3v) is 4.66. The molecule has 0 spiro atoms. The Labute approximate surface area is 118 Å². The fourth-order valence-corrected chi connectivity index (χ4v) is 4.31. The van der Waals surface area contributed by atoms with Crippen LogP contribution in [0.15, 0.2) is 0 Å². The summed E-state index contributed by atoms with van der Waals surface area (Å²) in [6.07, 6.45) is -1.89. The molecule has 1 aliphatic rings. The van der Waals surface area contributed by atoms with E-state index in [1.54, 1.807) is 7.11 Å². The van der Waals surface area contributed by atoms with Crippen molar-refractivity contribution in [2.75, 3.05) is 13.7 Å². The topological polar surface area (TPSA) is 57.2 Å². The Morgan fingerprint density at radius 1 is 0.947 bits per heavy atom. The molecular formula is C12H28O5Si2. The Hall–Kier alpha value is 0.234. The fraction of sp³-hybridized carbons (Fsp3) is 1.00. The van der Waals surface area contributed by atoms with Crippen molar-refractivity contribution in [2.24, 2.45) is 0 Å². The third-order valence-electron chi connectivity index (χ3n) is 2.67. The van der Waals surface area contributed by atoms with E-state index in [2.05, 4.69) is 39.3 Å². The second-order valence-electron chi connectivity index (χ2n) is 6.89. The van der Waals surface area contributed by atoms with Crippen LogP contribution >= 0.6 is 0 Å². The van der Waals surface area contributed by atoms with Gasteiger partial charge in [-0.1, -0.05) is 0 Å². The first kappa shape index (κ1) is 17.3. The van der Waals surface area contributed by atoms with Gasteiger partial charge >= 0.3 is 0 Å². The maximum absolute atomic E-state index is 10.0. The maximum atomic E-state index is 10.0. The minimum Gasteiger partial charge on any atom is -0.410 e. The minimum absolute atomic E-state index is 0.179. The van der Waals surface area contributed by atoms with Gasteiger partial charge in [-0.3, -0.25) is 0 Å². The van der Waals surface area contributed by atoms with Gasteiger partial charge in [-0.2, -0.15) is 0 Å². The lowest BCUT2D eigenvalue weighted by molar-refractivity contribution is -0.249. The summed E-state index contributed by atoms with van der Waals surface area (Å²) >= 11 is 0. The molecule has 5 nitrogen and oxygen atoms in total. The molecule has 0 aromatic rings.